The van der Waals surface area contributed by atoms with Gasteiger partial charge in [0.1, 0.15) is 11.5 Å². The van der Waals surface area contributed by atoms with Crippen LogP contribution in [0.4, 0.5) is 11.4 Å². The Morgan fingerprint density at radius 1 is 0.432 bits per heavy atom. The molecule has 0 saturated heterocycles. The lowest BCUT2D eigenvalue weighted by Crippen LogP contribution is -2.25. The molecule has 0 aliphatic heterocycles. The van der Waals surface area contributed by atoms with Crippen LogP contribution in [0.15, 0.2) is 48.5 Å². The molecule has 212 valence electrons. The number of unbranched alkanes of at least 4 members (excludes halogenated alkanes) is 8. The molecule has 0 saturated carbocycles. The predicted molar refractivity (Wildman–Crippen MR) is 170 cm³/mol. The first-order chi connectivity index (χ1) is 17.2. The predicted octanol–water partition coefficient (Wildman–Crippen LogP) is 10.7. The van der Waals surface area contributed by atoms with Crippen LogP contribution in [0, 0.1) is 0 Å². The van der Waals surface area contributed by atoms with E-state index in [1.165, 1.54) is 88.4 Å². The molecule has 2 aromatic rings. The molecule has 2 rings (SSSR count). The molecule has 2 aromatic carbocycles. The molecule has 0 aromatic heterocycles. The van der Waals surface area contributed by atoms with Crippen LogP contribution in [-0.4, -0.2) is 26.2 Å². The average molecular weight is 554 g/mol. The van der Waals surface area contributed by atoms with Gasteiger partial charge in [0, 0.05) is 37.6 Å². The summed E-state index contributed by atoms with van der Waals surface area (Å²) < 4.78 is 6.20. The summed E-state index contributed by atoms with van der Waals surface area (Å²) in [6.07, 6.45) is 15.3. The van der Waals surface area contributed by atoms with Gasteiger partial charge in [0.25, 0.3) is 0 Å². The standard InChI is InChI=1S/C32H52N2O.2ClH/c1-5-9-13-25-33(26-14-10-6-2)29-17-21-31(22-18-29)35-32-23-19-30(20-24-32)34(27-15-11-7-3)28-16-12-8-4;;/h17-24H,5-16,25-28H2,1-4H3;2*1H. The Morgan fingerprint density at radius 3 is 0.946 bits per heavy atom. The third kappa shape index (κ3) is 14.2. The Labute approximate surface area is 241 Å². The minimum absolute atomic E-state index is 0. The Hall–Kier alpha value is -1.58. The fraction of sp³-hybridized carbons (Fsp3) is 0.625. The molecule has 0 unspecified atom stereocenters. The first-order valence-corrected chi connectivity index (χ1v) is 14.6. The van der Waals surface area contributed by atoms with Gasteiger partial charge in [0.15, 0.2) is 0 Å². The third-order valence-electron chi connectivity index (χ3n) is 6.77. The highest BCUT2D eigenvalue weighted by molar-refractivity contribution is 5.85. The molecule has 0 fully saturated rings. The maximum atomic E-state index is 6.20. The second-order valence-corrected chi connectivity index (χ2v) is 9.89. The SMILES string of the molecule is CCCCCN(CCCCC)c1ccc(Oc2ccc(N(CCCCC)CCCCC)cc2)cc1.Cl.Cl. The van der Waals surface area contributed by atoms with Crippen molar-refractivity contribution >= 4 is 36.2 Å². The van der Waals surface area contributed by atoms with Gasteiger partial charge in [0.05, 0.1) is 0 Å². The van der Waals surface area contributed by atoms with Crippen molar-refractivity contribution in [2.75, 3.05) is 36.0 Å². The number of hydrogen-bond donors (Lipinski definition) is 0. The van der Waals surface area contributed by atoms with E-state index in [-0.39, 0.29) is 24.8 Å². The highest BCUT2D eigenvalue weighted by atomic mass is 35.5. The van der Waals surface area contributed by atoms with Crippen molar-refractivity contribution in [3.63, 3.8) is 0 Å². The minimum atomic E-state index is 0. The van der Waals surface area contributed by atoms with Gasteiger partial charge in [-0.25, -0.2) is 0 Å². The van der Waals surface area contributed by atoms with Gasteiger partial charge in [0.2, 0.25) is 0 Å². The van der Waals surface area contributed by atoms with Crippen molar-refractivity contribution in [1.29, 1.82) is 0 Å². The largest absolute Gasteiger partial charge is 0.457 e. The van der Waals surface area contributed by atoms with E-state index in [2.05, 4.69) is 86.0 Å². The smallest absolute Gasteiger partial charge is 0.127 e. The number of rotatable bonds is 20. The van der Waals surface area contributed by atoms with Crippen molar-refractivity contribution in [2.24, 2.45) is 0 Å². The van der Waals surface area contributed by atoms with Crippen molar-refractivity contribution in [3.8, 4) is 11.5 Å². The number of halogens is 2. The highest BCUT2D eigenvalue weighted by Crippen LogP contribution is 2.27. The van der Waals surface area contributed by atoms with Crippen LogP contribution in [0.25, 0.3) is 0 Å². The minimum Gasteiger partial charge on any atom is -0.457 e. The summed E-state index contributed by atoms with van der Waals surface area (Å²) in [4.78, 5) is 5.10. The van der Waals surface area contributed by atoms with Crippen LogP contribution >= 0.6 is 24.8 Å². The van der Waals surface area contributed by atoms with Crippen molar-refractivity contribution < 1.29 is 4.74 Å². The van der Waals surface area contributed by atoms with Crippen molar-refractivity contribution in [3.05, 3.63) is 48.5 Å². The molecule has 0 heterocycles. The summed E-state index contributed by atoms with van der Waals surface area (Å²) >= 11 is 0. The molecule has 0 bridgehead atoms. The Kier molecular flexibility index (Phi) is 21.5. The topological polar surface area (TPSA) is 15.7 Å². The second-order valence-electron chi connectivity index (χ2n) is 9.89. The molecular formula is C32H54Cl2N2O. The van der Waals surface area contributed by atoms with Gasteiger partial charge in [-0.2, -0.15) is 0 Å². The Balaban J connectivity index is 0.00000648. The fourth-order valence-corrected chi connectivity index (χ4v) is 4.54. The zero-order valence-corrected chi connectivity index (χ0v) is 25.7. The van der Waals surface area contributed by atoms with E-state index in [1.807, 2.05) is 0 Å². The molecule has 3 nitrogen and oxygen atoms in total. The molecule has 0 amide bonds. The third-order valence-corrected chi connectivity index (χ3v) is 6.77. The maximum Gasteiger partial charge on any atom is 0.127 e. The summed E-state index contributed by atoms with van der Waals surface area (Å²) in [5.74, 6) is 1.82. The first kappa shape index (κ1) is 35.4. The van der Waals surface area contributed by atoms with Gasteiger partial charge in [-0.3, -0.25) is 0 Å². The van der Waals surface area contributed by atoms with Gasteiger partial charge < -0.3 is 14.5 Å². The van der Waals surface area contributed by atoms with E-state index >= 15 is 0 Å². The van der Waals surface area contributed by atoms with E-state index in [0.717, 1.165) is 37.7 Å². The fourth-order valence-electron chi connectivity index (χ4n) is 4.54. The molecule has 0 spiro atoms. The Morgan fingerprint density at radius 2 is 0.703 bits per heavy atom. The van der Waals surface area contributed by atoms with Crippen LogP contribution < -0.4 is 14.5 Å². The number of anilines is 2. The molecule has 0 N–H and O–H groups in total. The summed E-state index contributed by atoms with van der Waals surface area (Å²) in [6, 6.07) is 17.4. The van der Waals surface area contributed by atoms with Crippen LogP contribution in [0.3, 0.4) is 0 Å². The lowest BCUT2D eigenvalue weighted by molar-refractivity contribution is 0.482. The number of ether oxygens (including phenoxy) is 1. The highest BCUT2D eigenvalue weighted by Gasteiger charge is 2.09. The lowest BCUT2D eigenvalue weighted by atomic mass is 10.2. The van der Waals surface area contributed by atoms with Crippen molar-refractivity contribution in [2.45, 2.75) is 105 Å². The summed E-state index contributed by atoms with van der Waals surface area (Å²) in [6.45, 7) is 13.7. The van der Waals surface area contributed by atoms with Crippen LogP contribution in [0.1, 0.15) is 105 Å². The summed E-state index contributed by atoms with van der Waals surface area (Å²) in [7, 11) is 0. The molecule has 0 aliphatic rings. The van der Waals surface area contributed by atoms with E-state index in [1.54, 1.807) is 0 Å². The van der Waals surface area contributed by atoms with Gasteiger partial charge in [-0.05, 0) is 74.2 Å². The molecule has 0 atom stereocenters. The number of benzene rings is 2. The van der Waals surface area contributed by atoms with Gasteiger partial charge >= 0.3 is 0 Å². The van der Waals surface area contributed by atoms with E-state index < -0.39 is 0 Å². The summed E-state index contributed by atoms with van der Waals surface area (Å²) in [5.41, 5.74) is 2.63. The molecule has 0 aliphatic carbocycles. The zero-order valence-electron chi connectivity index (χ0n) is 24.1. The van der Waals surface area contributed by atoms with Crippen LogP contribution in [0.2, 0.25) is 0 Å². The lowest BCUT2D eigenvalue weighted by Gasteiger charge is -2.25. The van der Waals surface area contributed by atoms with Gasteiger partial charge in [-0.1, -0.05) is 79.1 Å². The normalized spacial score (nSPS) is 10.4. The summed E-state index contributed by atoms with van der Waals surface area (Å²) in [5, 5.41) is 0. The van der Waals surface area contributed by atoms with Crippen LogP contribution in [0.5, 0.6) is 11.5 Å². The zero-order chi connectivity index (χ0) is 25.1. The molecule has 0 radical (unpaired) electrons. The van der Waals surface area contributed by atoms with E-state index in [9.17, 15) is 0 Å². The monoisotopic (exact) mass is 552 g/mol. The van der Waals surface area contributed by atoms with E-state index in [0.29, 0.717) is 0 Å². The number of nitrogens with zero attached hydrogens (tertiary/aromatic N) is 2. The molecule has 5 heteroatoms. The average Bonchev–Trinajstić information content (AvgIpc) is 2.88. The van der Waals surface area contributed by atoms with Crippen molar-refractivity contribution in [1.82, 2.24) is 0 Å². The van der Waals surface area contributed by atoms with Gasteiger partial charge in [-0.15, -0.1) is 24.8 Å². The quantitative estimate of drug-likeness (QED) is 0.152. The molecule has 37 heavy (non-hydrogen) atoms. The Bertz CT molecular complexity index is 682. The first-order valence-electron chi connectivity index (χ1n) is 14.6. The maximum absolute atomic E-state index is 6.20. The van der Waals surface area contributed by atoms with Crippen LogP contribution in [-0.2, 0) is 0 Å². The second kappa shape index (κ2) is 22.4. The molecular weight excluding hydrogens is 499 g/mol. The number of hydrogen-bond acceptors (Lipinski definition) is 3. The van der Waals surface area contributed by atoms with E-state index in [4.69, 9.17) is 4.74 Å².